The van der Waals surface area contributed by atoms with Crippen molar-refractivity contribution in [3.63, 3.8) is 0 Å². The van der Waals surface area contributed by atoms with E-state index in [1.807, 2.05) is 54.0 Å². The molecule has 0 spiro atoms. The molecule has 0 aliphatic carbocycles. The number of fused-ring (bicyclic) bond motifs is 1. The van der Waals surface area contributed by atoms with Gasteiger partial charge >= 0.3 is 0 Å². The van der Waals surface area contributed by atoms with Gasteiger partial charge in [0.1, 0.15) is 0 Å². The van der Waals surface area contributed by atoms with Crippen LogP contribution >= 0.6 is 22.9 Å². The number of nitrogens with zero attached hydrogens (tertiary/aromatic N) is 2. The van der Waals surface area contributed by atoms with E-state index in [0.717, 1.165) is 21.3 Å². The Morgan fingerprint density at radius 2 is 2.04 bits per heavy atom. The zero-order valence-electron chi connectivity index (χ0n) is 14.0. The molecule has 0 bridgehead atoms. The number of hydrogen-bond acceptors (Lipinski definition) is 2. The van der Waals surface area contributed by atoms with Gasteiger partial charge in [0.15, 0.2) is 4.80 Å². The molecule has 25 heavy (non-hydrogen) atoms. The third-order valence-corrected chi connectivity index (χ3v) is 5.49. The first-order valence-electron chi connectivity index (χ1n) is 8.11. The average Bonchev–Trinajstić information content (AvgIpc) is 2.96. The predicted octanol–water partition coefficient (Wildman–Crippen LogP) is 4.91. The highest BCUT2D eigenvalue weighted by Gasteiger charge is 2.11. The Labute approximate surface area is 155 Å². The van der Waals surface area contributed by atoms with Crippen molar-refractivity contribution in [3.8, 4) is 0 Å². The number of carbonyl (C=O) groups is 1. The Balaban J connectivity index is 1.95. The van der Waals surface area contributed by atoms with Crippen LogP contribution < -0.4 is 4.80 Å². The highest BCUT2D eigenvalue weighted by atomic mass is 35.5. The Bertz CT molecular complexity index is 986. The van der Waals surface area contributed by atoms with Gasteiger partial charge in [0.05, 0.1) is 10.2 Å². The lowest BCUT2D eigenvalue weighted by Crippen LogP contribution is -2.16. The molecule has 1 amide bonds. The van der Waals surface area contributed by atoms with E-state index in [1.54, 1.807) is 6.08 Å². The van der Waals surface area contributed by atoms with Crippen LogP contribution in [0.3, 0.4) is 0 Å². The normalized spacial score (nSPS) is 11.8. The quantitative estimate of drug-likeness (QED) is 0.587. The summed E-state index contributed by atoms with van der Waals surface area (Å²) in [6.45, 7) is 6.39. The summed E-state index contributed by atoms with van der Waals surface area (Å²) in [7, 11) is 0. The number of amides is 1. The minimum atomic E-state index is -0.114. The molecular weight excluding hydrogens is 352 g/mol. The number of halogens is 1. The summed E-state index contributed by atoms with van der Waals surface area (Å²) in [5, 5.41) is 0.713. The fraction of sp³-hybridized carbons (Fsp3) is 0.200. The van der Waals surface area contributed by atoms with Crippen LogP contribution in [0.2, 0.25) is 5.02 Å². The highest BCUT2D eigenvalue weighted by molar-refractivity contribution is 7.16. The lowest BCUT2D eigenvalue weighted by atomic mass is 10.1. The summed E-state index contributed by atoms with van der Waals surface area (Å²) in [5.41, 5.74) is 3.16. The van der Waals surface area contributed by atoms with E-state index in [9.17, 15) is 4.79 Å². The van der Waals surface area contributed by atoms with Crippen LogP contribution in [-0.4, -0.2) is 10.5 Å². The monoisotopic (exact) mass is 370 g/mol. The highest BCUT2D eigenvalue weighted by Crippen LogP contribution is 2.27. The van der Waals surface area contributed by atoms with E-state index in [4.69, 9.17) is 11.6 Å². The van der Waals surface area contributed by atoms with Gasteiger partial charge in [-0.2, -0.15) is 4.99 Å². The van der Waals surface area contributed by atoms with Gasteiger partial charge in [0.25, 0.3) is 0 Å². The number of rotatable bonds is 5. The van der Waals surface area contributed by atoms with E-state index in [0.29, 0.717) is 29.2 Å². The van der Waals surface area contributed by atoms with Gasteiger partial charge in [0, 0.05) is 18.0 Å². The Morgan fingerprint density at radius 1 is 1.28 bits per heavy atom. The lowest BCUT2D eigenvalue weighted by molar-refractivity contribution is -0.118. The smallest absolute Gasteiger partial charge is 0.248 e. The molecule has 0 saturated heterocycles. The summed E-state index contributed by atoms with van der Waals surface area (Å²) in [6.07, 6.45) is 2.90. The molecule has 3 aromatic rings. The van der Waals surface area contributed by atoms with Gasteiger partial charge in [-0.15, -0.1) is 6.58 Å². The molecule has 0 unspecified atom stereocenters. The maximum absolute atomic E-state index is 12.3. The summed E-state index contributed by atoms with van der Waals surface area (Å²) in [6, 6.07) is 13.8. The third kappa shape index (κ3) is 3.91. The summed E-state index contributed by atoms with van der Waals surface area (Å²) >= 11 is 7.77. The second kappa shape index (κ2) is 7.81. The van der Waals surface area contributed by atoms with E-state index in [2.05, 4.69) is 11.6 Å². The van der Waals surface area contributed by atoms with Gasteiger partial charge in [0.2, 0.25) is 5.91 Å². The molecule has 0 aliphatic rings. The van der Waals surface area contributed by atoms with Crippen LogP contribution in [-0.2, 0) is 17.8 Å². The molecule has 0 fully saturated rings. The van der Waals surface area contributed by atoms with Crippen molar-refractivity contribution >= 4 is 39.1 Å². The van der Waals surface area contributed by atoms with Crippen LogP contribution in [0.25, 0.3) is 10.2 Å². The SMILES string of the molecule is C=CCn1c(=NC(=O)CCc2ccccc2)sc2ccc(Cl)c(C)c21. The van der Waals surface area contributed by atoms with Crippen LogP contribution in [0.1, 0.15) is 17.5 Å². The molecule has 0 N–H and O–H groups in total. The second-order valence-corrected chi connectivity index (χ2v) is 7.21. The standard InChI is InChI=1S/C20H19ClN2OS/c1-3-13-23-19-14(2)16(21)10-11-17(19)25-20(23)22-18(24)12-9-15-7-5-4-6-8-15/h3-8,10-11H,1,9,12-13H2,2H3. The van der Waals surface area contributed by atoms with Crippen molar-refractivity contribution in [2.75, 3.05) is 0 Å². The number of carbonyl (C=O) groups excluding carboxylic acids is 1. The molecule has 3 rings (SSSR count). The van der Waals surface area contributed by atoms with Crippen LogP contribution in [0.4, 0.5) is 0 Å². The van der Waals surface area contributed by atoms with Gasteiger partial charge < -0.3 is 4.57 Å². The van der Waals surface area contributed by atoms with Crippen molar-refractivity contribution in [2.45, 2.75) is 26.3 Å². The summed E-state index contributed by atoms with van der Waals surface area (Å²) in [5.74, 6) is -0.114. The van der Waals surface area contributed by atoms with E-state index >= 15 is 0 Å². The molecule has 0 saturated carbocycles. The fourth-order valence-electron chi connectivity index (χ4n) is 2.76. The molecule has 1 heterocycles. The van der Waals surface area contributed by atoms with Crippen LogP contribution in [0, 0.1) is 6.92 Å². The Kier molecular flexibility index (Phi) is 5.51. The van der Waals surface area contributed by atoms with E-state index in [-0.39, 0.29) is 5.91 Å². The molecule has 1 aromatic heterocycles. The first-order chi connectivity index (χ1) is 12.1. The Morgan fingerprint density at radius 3 is 2.76 bits per heavy atom. The van der Waals surface area contributed by atoms with Gasteiger partial charge in [-0.05, 0) is 36.6 Å². The maximum atomic E-state index is 12.3. The van der Waals surface area contributed by atoms with Gasteiger partial charge in [-0.25, -0.2) is 0 Å². The lowest BCUT2D eigenvalue weighted by Gasteiger charge is -2.05. The number of benzene rings is 2. The molecule has 2 aromatic carbocycles. The van der Waals surface area contributed by atoms with Crippen molar-refractivity contribution in [3.05, 3.63) is 76.1 Å². The zero-order valence-corrected chi connectivity index (χ0v) is 15.6. The average molecular weight is 371 g/mol. The number of hydrogen-bond donors (Lipinski definition) is 0. The summed E-state index contributed by atoms with van der Waals surface area (Å²) in [4.78, 5) is 17.4. The minimum absolute atomic E-state index is 0.114. The van der Waals surface area contributed by atoms with Crippen molar-refractivity contribution in [2.24, 2.45) is 4.99 Å². The fourth-order valence-corrected chi connectivity index (χ4v) is 4.03. The maximum Gasteiger partial charge on any atom is 0.248 e. The van der Waals surface area contributed by atoms with Crippen molar-refractivity contribution in [1.82, 2.24) is 4.57 Å². The molecule has 0 atom stereocenters. The van der Waals surface area contributed by atoms with E-state index in [1.165, 1.54) is 11.3 Å². The third-order valence-electron chi connectivity index (χ3n) is 4.03. The zero-order chi connectivity index (χ0) is 17.8. The number of aromatic nitrogens is 1. The first kappa shape index (κ1) is 17.6. The largest absolute Gasteiger partial charge is 0.312 e. The van der Waals surface area contributed by atoms with Crippen molar-refractivity contribution in [1.29, 1.82) is 0 Å². The van der Waals surface area contributed by atoms with Crippen molar-refractivity contribution < 1.29 is 4.79 Å². The molecular formula is C20H19ClN2OS. The predicted molar refractivity (Wildman–Crippen MR) is 105 cm³/mol. The van der Waals surface area contributed by atoms with Gasteiger partial charge in [-0.3, -0.25) is 4.79 Å². The van der Waals surface area contributed by atoms with Crippen LogP contribution in [0.15, 0.2) is 60.1 Å². The minimum Gasteiger partial charge on any atom is -0.312 e. The number of allylic oxidation sites excluding steroid dienone is 1. The topological polar surface area (TPSA) is 34.4 Å². The Hall–Kier alpha value is -2.17. The van der Waals surface area contributed by atoms with Gasteiger partial charge in [-0.1, -0.05) is 59.3 Å². The first-order valence-corrected chi connectivity index (χ1v) is 9.30. The molecule has 0 aliphatic heterocycles. The second-order valence-electron chi connectivity index (χ2n) is 5.79. The molecule has 3 nitrogen and oxygen atoms in total. The van der Waals surface area contributed by atoms with Crippen LogP contribution in [0.5, 0.6) is 0 Å². The molecule has 5 heteroatoms. The number of thiazole rings is 1. The molecule has 0 radical (unpaired) electrons. The molecule has 128 valence electrons. The number of aryl methyl sites for hydroxylation is 2. The van der Waals surface area contributed by atoms with E-state index < -0.39 is 0 Å². The summed E-state index contributed by atoms with van der Waals surface area (Å²) < 4.78 is 3.08.